The molecular weight excluding hydrogens is 300 g/mol. The normalized spacial score (nSPS) is 11.5. The molecule has 24 heavy (non-hydrogen) atoms. The number of H-pyrrole nitrogens is 2. The molecule has 4 rings (SSSR count). The minimum Gasteiger partial charge on any atom is -0.497 e. The summed E-state index contributed by atoms with van der Waals surface area (Å²) in [6, 6.07) is 12.2. The smallest absolute Gasteiger partial charge is 0.119 e. The Hall–Kier alpha value is -2.88. The van der Waals surface area contributed by atoms with Crippen LogP contribution in [0, 0.1) is 0 Å². The first kappa shape index (κ1) is 14.7. The van der Waals surface area contributed by atoms with Crippen molar-refractivity contribution in [1.82, 2.24) is 9.97 Å². The van der Waals surface area contributed by atoms with Crippen LogP contribution in [0.25, 0.3) is 21.8 Å². The zero-order chi connectivity index (χ0) is 16.7. The summed E-state index contributed by atoms with van der Waals surface area (Å²) in [5.41, 5.74) is 4.75. The van der Waals surface area contributed by atoms with Crippen LogP contribution in [0.15, 0.2) is 48.8 Å². The lowest BCUT2D eigenvalue weighted by Crippen LogP contribution is -1.94. The molecule has 0 aliphatic heterocycles. The maximum atomic E-state index is 5.38. The van der Waals surface area contributed by atoms with Gasteiger partial charge in [-0.2, -0.15) is 0 Å². The van der Waals surface area contributed by atoms with Crippen LogP contribution in [-0.2, 0) is 0 Å². The zero-order valence-electron chi connectivity index (χ0n) is 14.0. The predicted molar refractivity (Wildman–Crippen MR) is 97.2 cm³/mol. The SMILES string of the molecule is COc1ccc2[nH]cc(C(C)c3c[nH]c4ccc(OC)cc34)c2c1. The van der Waals surface area contributed by atoms with E-state index in [1.54, 1.807) is 14.2 Å². The summed E-state index contributed by atoms with van der Waals surface area (Å²) in [6.07, 6.45) is 4.18. The minimum atomic E-state index is 0.242. The Labute approximate surface area is 140 Å². The maximum absolute atomic E-state index is 5.38. The van der Waals surface area contributed by atoms with Crippen LogP contribution >= 0.6 is 0 Å². The predicted octanol–water partition coefficient (Wildman–Crippen LogP) is 4.82. The second-order valence-corrected chi connectivity index (χ2v) is 6.03. The molecule has 0 saturated carbocycles. The highest BCUT2D eigenvalue weighted by atomic mass is 16.5. The Balaban J connectivity index is 1.85. The summed E-state index contributed by atoms with van der Waals surface area (Å²) >= 11 is 0. The van der Waals surface area contributed by atoms with Gasteiger partial charge in [0.15, 0.2) is 0 Å². The van der Waals surface area contributed by atoms with E-state index in [1.165, 1.54) is 21.9 Å². The van der Waals surface area contributed by atoms with Crippen LogP contribution in [-0.4, -0.2) is 24.2 Å². The quantitative estimate of drug-likeness (QED) is 0.566. The van der Waals surface area contributed by atoms with E-state index < -0.39 is 0 Å². The lowest BCUT2D eigenvalue weighted by Gasteiger charge is -2.11. The molecule has 0 amide bonds. The van der Waals surface area contributed by atoms with Gasteiger partial charge in [0.05, 0.1) is 14.2 Å². The molecule has 0 unspecified atom stereocenters. The Bertz CT molecular complexity index is 931. The molecule has 0 atom stereocenters. The number of ether oxygens (including phenoxy) is 2. The third-order valence-electron chi connectivity index (χ3n) is 4.77. The molecule has 4 heteroatoms. The number of rotatable bonds is 4. The number of nitrogens with one attached hydrogen (secondary N) is 2. The van der Waals surface area contributed by atoms with Gasteiger partial charge in [-0.3, -0.25) is 0 Å². The minimum absolute atomic E-state index is 0.242. The lowest BCUT2D eigenvalue weighted by atomic mass is 9.92. The summed E-state index contributed by atoms with van der Waals surface area (Å²) in [5.74, 6) is 1.99. The molecule has 2 aromatic heterocycles. The van der Waals surface area contributed by atoms with Crippen molar-refractivity contribution in [2.24, 2.45) is 0 Å². The maximum Gasteiger partial charge on any atom is 0.119 e. The highest BCUT2D eigenvalue weighted by Crippen LogP contribution is 2.36. The second-order valence-electron chi connectivity index (χ2n) is 6.03. The van der Waals surface area contributed by atoms with E-state index in [-0.39, 0.29) is 5.92 Å². The molecule has 4 aromatic rings. The van der Waals surface area contributed by atoms with Crippen molar-refractivity contribution >= 4 is 21.8 Å². The molecule has 2 N–H and O–H groups in total. The van der Waals surface area contributed by atoms with Gasteiger partial charge in [-0.15, -0.1) is 0 Å². The van der Waals surface area contributed by atoms with Crippen LogP contribution in [0.2, 0.25) is 0 Å². The Morgan fingerprint density at radius 3 is 1.62 bits per heavy atom. The van der Waals surface area contributed by atoms with Gasteiger partial charge >= 0.3 is 0 Å². The molecule has 0 bridgehead atoms. The molecule has 0 radical (unpaired) electrons. The van der Waals surface area contributed by atoms with E-state index >= 15 is 0 Å². The van der Waals surface area contributed by atoms with Crippen molar-refractivity contribution in [3.63, 3.8) is 0 Å². The van der Waals surface area contributed by atoms with Gasteiger partial charge in [-0.1, -0.05) is 6.92 Å². The number of hydrogen-bond acceptors (Lipinski definition) is 2. The van der Waals surface area contributed by atoms with Gasteiger partial charge in [0, 0.05) is 40.1 Å². The van der Waals surface area contributed by atoms with Gasteiger partial charge in [0.2, 0.25) is 0 Å². The zero-order valence-corrected chi connectivity index (χ0v) is 14.0. The van der Waals surface area contributed by atoms with Crippen LogP contribution in [0.5, 0.6) is 11.5 Å². The molecule has 122 valence electrons. The van der Waals surface area contributed by atoms with Crippen molar-refractivity contribution in [3.05, 3.63) is 59.9 Å². The summed E-state index contributed by atoms with van der Waals surface area (Å²) in [5, 5.41) is 2.39. The van der Waals surface area contributed by atoms with E-state index in [4.69, 9.17) is 9.47 Å². The molecule has 4 nitrogen and oxygen atoms in total. The Morgan fingerprint density at radius 2 is 1.21 bits per heavy atom. The molecule has 0 spiro atoms. The summed E-state index contributed by atoms with van der Waals surface area (Å²) in [4.78, 5) is 6.72. The lowest BCUT2D eigenvalue weighted by molar-refractivity contribution is 0.415. The second kappa shape index (κ2) is 5.64. The largest absolute Gasteiger partial charge is 0.497 e. The molecule has 0 fully saturated rings. The van der Waals surface area contributed by atoms with E-state index in [2.05, 4.69) is 53.6 Å². The number of methoxy groups -OCH3 is 2. The van der Waals surface area contributed by atoms with Crippen molar-refractivity contribution in [3.8, 4) is 11.5 Å². The van der Waals surface area contributed by atoms with Crippen molar-refractivity contribution in [2.75, 3.05) is 14.2 Å². The fourth-order valence-corrected chi connectivity index (χ4v) is 3.38. The summed E-state index contributed by atoms with van der Waals surface area (Å²) < 4.78 is 10.8. The number of fused-ring (bicyclic) bond motifs is 2. The number of aromatic amines is 2. The average Bonchev–Trinajstić information content (AvgIpc) is 3.23. The van der Waals surface area contributed by atoms with Crippen LogP contribution < -0.4 is 9.47 Å². The number of aromatic nitrogens is 2. The standard InChI is InChI=1S/C20H20N2O2/c1-12(17-10-21-19-6-4-13(23-2)8-15(17)19)18-11-22-20-7-5-14(24-3)9-16(18)20/h4-12,21-22H,1-3H3. The van der Waals surface area contributed by atoms with Gasteiger partial charge in [0.1, 0.15) is 11.5 Å². The first-order chi connectivity index (χ1) is 11.7. The first-order valence-electron chi connectivity index (χ1n) is 8.01. The van der Waals surface area contributed by atoms with E-state index in [0.29, 0.717) is 0 Å². The fourth-order valence-electron chi connectivity index (χ4n) is 3.38. The van der Waals surface area contributed by atoms with E-state index in [9.17, 15) is 0 Å². The highest BCUT2D eigenvalue weighted by molar-refractivity contribution is 5.89. The Morgan fingerprint density at radius 1 is 0.750 bits per heavy atom. The van der Waals surface area contributed by atoms with Crippen molar-refractivity contribution in [1.29, 1.82) is 0 Å². The number of benzene rings is 2. The van der Waals surface area contributed by atoms with Gasteiger partial charge in [-0.25, -0.2) is 0 Å². The first-order valence-corrected chi connectivity index (χ1v) is 8.01. The van der Waals surface area contributed by atoms with E-state index in [1.807, 2.05) is 12.1 Å². The van der Waals surface area contributed by atoms with Gasteiger partial charge in [0.25, 0.3) is 0 Å². The molecule has 0 saturated heterocycles. The van der Waals surface area contributed by atoms with E-state index in [0.717, 1.165) is 22.5 Å². The molecule has 2 heterocycles. The van der Waals surface area contributed by atoms with Crippen LogP contribution in [0.3, 0.4) is 0 Å². The number of hydrogen-bond donors (Lipinski definition) is 2. The molecule has 2 aromatic carbocycles. The van der Waals surface area contributed by atoms with Crippen molar-refractivity contribution < 1.29 is 9.47 Å². The third kappa shape index (κ3) is 2.22. The van der Waals surface area contributed by atoms with Crippen LogP contribution in [0.4, 0.5) is 0 Å². The summed E-state index contributed by atoms with van der Waals surface area (Å²) in [7, 11) is 3.39. The summed E-state index contributed by atoms with van der Waals surface area (Å²) in [6.45, 7) is 2.23. The van der Waals surface area contributed by atoms with Crippen LogP contribution in [0.1, 0.15) is 24.0 Å². The average molecular weight is 320 g/mol. The monoisotopic (exact) mass is 320 g/mol. The molecule has 0 aliphatic carbocycles. The third-order valence-corrected chi connectivity index (χ3v) is 4.77. The molecule has 0 aliphatic rings. The topological polar surface area (TPSA) is 50.0 Å². The van der Waals surface area contributed by atoms with Gasteiger partial charge in [-0.05, 0) is 47.5 Å². The fraction of sp³-hybridized carbons (Fsp3) is 0.200. The Kier molecular flexibility index (Phi) is 3.45. The highest BCUT2D eigenvalue weighted by Gasteiger charge is 2.17. The van der Waals surface area contributed by atoms with Gasteiger partial charge < -0.3 is 19.4 Å². The van der Waals surface area contributed by atoms with Crippen molar-refractivity contribution in [2.45, 2.75) is 12.8 Å². The molecular formula is C20H20N2O2.